The first-order valence-corrected chi connectivity index (χ1v) is 4.96. The molecule has 0 saturated carbocycles. The van der Waals surface area contributed by atoms with Crippen molar-refractivity contribution in [1.29, 1.82) is 5.26 Å². The maximum absolute atomic E-state index is 11.3. The molecule has 0 aliphatic rings. The predicted octanol–water partition coefficient (Wildman–Crippen LogP) is 2.26. The Hall–Kier alpha value is -1.09. The zero-order valence-electron chi connectivity index (χ0n) is 7.80. The topological polar surface area (TPSA) is 50.1 Å². The summed E-state index contributed by atoms with van der Waals surface area (Å²) in [6.45, 7) is 1.78. The monoisotopic (exact) mass is 301 g/mol. The Morgan fingerprint density at radius 1 is 1.57 bits per heavy atom. The summed E-state index contributed by atoms with van der Waals surface area (Å²) < 4.78 is 5.38. The molecule has 1 rings (SSSR count). The summed E-state index contributed by atoms with van der Waals surface area (Å²) in [7, 11) is 1.34. The van der Waals surface area contributed by atoms with E-state index in [0.717, 1.165) is 9.13 Å². The van der Waals surface area contributed by atoms with Gasteiger partial charge in [0, 0.05) is 3.57 Å². The number of methoxy groups -OCH3 is 1. The molecular formula is C10H8INO2. The van der Waals surface area contributed by atoms with Crippen LogP contribution in [-0.2, 0) is 4.74 Å². The summed E-state index contributed by atoms with van der Waals surface area (Å²) in [6, 6.07) is 5.42. The first kappa shape index (κ1) is 11.0. The molecule has 0 aromatic heterocycles. The highest BCUT2D eigenvalue weighted by Crippen LogP contribution is 2.18. The van der Waals surface area contributed by atoms with Crippen LogP contribution in [0.1, 0.15) is 21.5 Å². The molecule has 72 valence electrons. The van der Waals surface area contributed by atoms with Crippen LogP contribution in [0.2, 0.25) is 0 Å². The van der Waals surface area contributed by atoms with E-state index in [1.807, 2.05) is 22.6 Å². The third kappa shape index (κ3) is 2.04. The van der Waals surface area contributed by atoms with Gasteiger partial charge in [-0.1, -0.05) is 0 Å². The molecule has 0 amide bonds. The van der Waals surface area contributed by atoms with Crippen LogP contribution in [0.4, 0.5) is 0 Å². The average Bonchev–Trinajstić information content (AvgIpc) is 2.19. The van der Waals surface area contributed by atoms with Gasteiger partial charge in [-0.25, -0.2) is 4.79 Å². The molecule has 0 aliphatic heterocycles. The van der Waals surface area contributed by atoms with E-state index in [-0.39, 0.29) is 5.97 Å². The molecule has 14 heavy (non-hydrogen) atoms. The number of nitrogens with zero attached hydrogens (tertiary/aromatic N) is 1. The number of benzene rings is 1. The molecule has 0 aliphatic carbocycles. The first-order valence-electron chi connectivity index (χ1n) is 3.88. The van der Waals surface area contributed by atoms with E-state index in [2.05, 4.69) is 10.8 Å². The van der Waals surface area contributed by atoms with E-state index in [9.17, 15) is 4.79 Å². The summed E-state index contributed by atoms with van der Waals surface area (Å²) in [5, 5.41) is 8.76. The summed E-state index contributed by atoms with van der Waals surface area (Å²) in [6.07, 6.45) is 0. The molecule has 0 fully saturated rings. The number of rotatable bonds is 1. The molecule has 0 heterocycles. The number of hydrogen-bond donors (Lipinski definition) is 0. The maximum Gasteiger partial charge on any atom is 0.338 e. The van der Waals surface area contributed by atoms with Gasteiger partial charge in [-0.3, -0.25) is 0 Å². The van der Waals surface area contributed by atoms with Gasteiger partial charge in [-0.2, -0.15) is 5.26 Å². The highest BCUT2D eigenvalue weighted by atomic mass is 127. The highest BCUT2D eigenvalue weighted by Gasteiger charge is 2.11. The van der Waals surface area contributed by atoms with Crippen LogP contribution < -0.4 is 0 Å². The largest absolute Gasteiger partial charge is 0.465 e. The van der Waals surface area contributed by atoms with Gasteiger partial charge >= 0.3 is 5.97 Å². The van der Waals surface area contributed by atoms with E-state index in [1.165, 1.54) is 7.11 Å². The summed E-state index contributed by atoms with van der Waals surface area (Å²) in [4.78, 5) is 11.3. The quantitative estimate of drug-likeness (QED) is 0.590. The number of ether oxygens (including phenoxy) is 1. The van der Waals surface area contributed by atoms with Crippen LogP contribution in [-0.4, -0.2) is 13.1 Å². The second kappa shape index (κ2) is 4.42. The van der Waals surface area contributed by atoms with Crippen molar-refractivity contribution in [2.75, 3.05) is 7.11 Å². The predicted molar refractivity (Wildman–Crippen MR) is 60.0 cm³/mol. The Bertz CT molecular complexity index is 421. The Labute approximate surface area is 95.8 Å². The van der Waals surface area contributed by atoms with Crippen molar-refractivity contribution in [3.05, 3.63) is 32.4 Å². The van der Waals surface area contributed by atoms with Gasteiger partial charge in [0.15, 0.2) is 0 Å². The zero-order chi connectivity index (χ0) is 10.7. The van der Waals surface area contributed by atoms with Gasteiger partial charge in [-0.05, 0) is 47.2 Å². The van der Waals surface area contributed by atoms with E-state index >= 15 is 0 Å². The third-order valence-electron chi connectivity index (χ3n) is 1.84. The molecule has 0 saturated heterocycles. The zero-order valence-corrected chi connectivity index (χ0v) is 9.95. The van der Waals surface area contributed by atoms with Crippen molar-refractivity contribution in [1.82, 2.24) is 0 Å². The minimum absolute atomic E-state index is 0.370. The van der Waals surface area contributed by atoms with Crippen molar-refractivity contribution >= 4 is 28.6 Å². The fourth-order valence-electron chi connectivity index (χ4n) is 1.10. The number of carbonyl (C=O) groups excluding carboxylic acids is 1. The number of esters is 1. The normalized spacial score (nSPS) is 9.29. The Morgan fingerprint density at radius 3 is 2.71 bits per heavy atom. The summed E-state index contributed by atoms with van der Waals surface area (Å²) in [5.74, 6) is -0.370. The second-order valence-electron chi connectivity index (χ2n) is 2.75. The summed E-state index contributed by atoms with van der Waals surface area (Å²) >= 11 is 2.02. The van der Waals surface area contributed by atoms with Crippen molar-refractivity contribution < 1.29 is 9.53 Å². The number of nitriles is 1. The summed E-state index contributed by atoms with van der Waals surface area (Å²) in [5.41, 5.74) is 1.85. The van der Waals surface area contributed by atoms with E-state index in [4.69, 9.17) is 5.26 Å². The molecule has 1 aromatic rings. The molecule has 0 unspecified atom stereocenters. The molecule has 1 aromatic carbocycles. The number of carbonyl (C=O) groups is 1. The molecule has 3 nitrogen and oxygen atoms in total. The smallest absolute Gasteiger partial charge is 0.338 e. The minimum Gasteiger partial charge on any atom is -0.465 e. The second-order valence-corrected chi connectivity index (χ2v) is 3.91. The first-order chi connectivity index (χ1) is 6.60. The SMILES string of the molecule is COC(=O)c1cc(I)c(C#N)cc1C. The molecule has 0 bridgehead atoms. The third-order valence-corrected chi connectivity index (χ3v) is 2.73. The molecule has 0 atom stereocenters. The van der Waals surface area contributed by atoms with E-state index in [0.29, 0.717) is 11.1 Å². The maximum atomic E-state index is 11.3. The molecular weight excluding hydrogens is 293 g/mol. The van der Waals surface area contributed by atoms with Gasteiger partial charge < -0.3 is 4.74 Å². The van der Waals surface area contributed by atoms with Crippen LogP contribution in [0.25, 0.3) is 0 Å². The Balaban J connectivity index is 3.30. The van der Waals surface area contributed by atoms with Crippen molar-refractivity contribution in [3.8, 4) is 6.07 Å². The lowest BCUT2D eigenvalue weighted by atomic mass is 10.1. The van der Waals surface area contributed by atoms with Gasteiger partial charge in [0.05, 0.1) is 18.2 Å². The van der Waals surface area contributed by atoms with Crippen molar-refractivity contribution in [2.45, 2.75) is 6.92 Å². The van der Waals surface area contributed by atoms with Crippen molar-refractivity contribution in [2.24, 2.45) is 0 Å². The lowest BCUT2D eigenvalue weighted by Gasteiger charge is -2.05. The number of halogens is 1. The van der Waals surface area contributed by atoms with Gasteiger partial charge in [-0.15, -0.1) is 0 Å². The van der Waals surface area contributed by atoms with Gasteiger partial charge in [0.1, 0.15) is 6.07 Å². The molecule has 0 spiro atoms. The van der Waals surface area contributed by atoms with Gasteiger partial charge in [0.25, 0.3) is 0 Å². The van der Waals surface area contributed by atoms with Crippen molar-refractivity contribution in [3.63, 3.8) is 0 Å². The fraction of sp³-hybridized carbons (Fsp3) is 0.200. The Morgan fingerprint density at radius 2 is 2.21 bits per heavy atom. The van der Waals surface area contributed by atoms with Crippen LogP contribution in [0, 0.1) is 21.8 Å². The number of hydrogen-bond acceptors (Lipinski definition) is 3. The average molecular weight is 301 g/mol. The van der Waals surface area contributed by atoms with Crippen LogP contribution in [0.15, 0.2) is 12.1 Å². The van der Waals surface area contributed by atoms with Crippen LogP contribution >= 0.6 is 22.6 Å². The van der Waals surface area contributed by atoms with E-state index in [1.54, 1.807) is 19.1 Å². The fourth-order valence-corrected chi connectivity index (χ4v) is 1.68. The Kier molecular flexibility index (Phi) is 3.47. The number of aryl methyl sites for hydroxylation is 1. The lowest BCUT2D eigenvalue weighted by molar-refractivity contribution is 0.0600. The van der Waals surface area contributed by atoms with E-state index < -0.39 is 0 Å². The standard InChI is InChI=1S/C10H8INO2/c1-6-3-7(5-12)9(11)4-8(6)10(13)14-2/h3-4H,1-2H3. The van der Waals surface area contributed by atoms with Crippen LogP contribution in [0.3, 0.4) is 0 Å². The minimum atomic E-state index is -0.370. The molecule has 4 heteroatoms. The lowest BCUT2D eigenvalue weighted by Crippen LogP contribution is -2.05. The molecule has 0 N–H and O–H groups in total. The van der Waals surface area contributed by atoms with Gasteiger partial charge in [0.2, 0.25) is 0 Å². The van der Waals surface area contributed by atoms with Crippen LogP contribution in [0.5, 0.6) is 0 Å². The highest BCUT2D eigenvalue weighted by molar-refractivity contribution is 14.1. The molecule has 0 radical (unpaired) electrons.